The maximum atomic E-state index is 13.1. The van der Waals surface area contributed by atoms with Gasteiger partial charge in [0.15, 0.2) is 0 Å². The van der Waals surface area contributed by atoms with E-state index < -0.39 is 34.9 Å². The second kappa shape index (κ2) is 5.74. The summed E-state index contributed by atoms with van der Waals surface area (Å²) in [6.45, 7) is 0. The van der Waals surface area contributed by atoms with Crippen molar-refractivity contribution in [2.45, 2.75) is 22.9 Å². The van der Waals surface area contributed by atoms with Crippen LogP contribution < -0.4 is 4.74 Å². The molecule has 21 heavy (non-hydrogen) atoms. The first-order valence-corrected chi connectivity index (χ1v) is 5.94. The molecule has 0 unspecified atom stereocenters. The van der Waals surface area contributed by atoms with Crippen LogP contribution in [0.25, 0.3) is 0 Å². The molecular formula is C11H7F7O2S. The minimum absolute atomic E-state index is 0.124. The lowest BCUT2D eigenvalue weighted by Gasteiger charge is -2.26. The number of methoxy groups -OCH3 is 1. The highest BCUT2D eigenvalue weighted by Gasteiger charge is 2.76. The Labute approximate surface area is 118 Å². The number of hydrogen-bond acceptors (Lipinski definition) is 3. The zero-order valence-corrected chi connectivity index (χ0v) is 11.0. The summed E-state index contributed by atoms with van der Waals surface area (Å²) in [6.07, 6.45) is -6.54. The van der Waals surface area contributed by atoms with Crippen LogP contribution in [0.4, 0.5) is 30.7 Å². The van der Waals surface area contributed by atoms with Crippen LogP contribution in [0, 0.1) is 0 Å². The molecule has 0 aliphatic carbocycles. The average molecular weight is 336 g/mol. The van der Waals surface area contributed by atoms with Gasteiger partial charge >= 0.3 is 18.0 Å². The first-order chi connectivity index (χ1) is 9.43. The molecule has 0 radical (unpaired) electrons. The highest BCUT2D eigenvalue weighted by Crippen LogP contribution is 2.49. The Kier molecular flexibility index (Phi) is 4.81. The molecule has 1 aromatic rings. The van der Waals surface area contributed by atoms with Gasteiger partial charge in [0.05, 0.1) is 7.11 Å². The number of carbonyl (C=O) groups excluding carboxylic acids is 1. The minimum Gasteiger partial charge on any atom is -0.497 e. The molecule has 0 bridgehead atoms. The normalized spacial score (nSPS) is 13.1. The third kappa shape index (κ3) is 3.42. The molecule has 0 fully saturated rings. The van der Waals surface area contributed by atoms with E-state index in [2.05, 4.69) is 0 Å². The van der Waals surface area contributed by atoms with Gasteiger partial charge in [-0.25, -0.2) is 0 Å². The topological polar surface area (TPSA) is 26.3 Å². The summed E-state index contributed by atoms with van der Waals surface area (Å²) < 4.78 is 92.0. The lowest BCUT2D eigenvalue weighted by Crippen LogP contribution is -2.55. The van der Waals surface area contributed by atoms with Gasteiger partial charge in [0.25, 0.3) is 5.12 Å². The van der Waals surface area contributed by atoms with Crippen molar-refractivity contribution in [2.24, 2.45) is 0 Å². The van der Waals surface area contributed by atoms with Crippen LogP contribution in [0.2, 0.25) is 0 Å². The molecule has 1 aromatic carbocycles. The molecule has 0 heterocycles. The Morgan fingerprint density at radius 1 is 1.10 bits per heavy atom. The minimum atomic E-state index is -6.54. The van der Waals surface area contributed by atoms with Crippen LogP contribution in [0.5, 0.6) is 5.75 Å². The van der Waals surface area contributed by atoms with E-state index in [0.717, 1.165) is 12.1 Å². The van der Waals surface area contributed by atoms with Gasteiger partial charge in [0, 0.05) is 4.90 Å². The molecule has 0 N–H and O–H groups in total. The average Bonchev–Trinajstić information content (AvgIpc) is 2.37. The molecule has 0 atom stereocenters. The van der Waals surface area contributed by atoms with Gasteiger partial charge in [-0.1, -0.05) is 6.07 Å². The van der Waals surface area contributed by atoms with E-state index in [4.69, 9.17) is 4.74 Å². The van der Waals surface area contributed by atoms with Gasteiger partial charge < -0.3 is 4.74 Å². The fourth-order valence-corrected chi connectivity index (χ4v) is 1.93. The van der Waals surface area contributed by atoms with Crippen molar-refractivity contribution in [1.82, 2.24) is 0 Å². The van der Waals surface area contributed by atoms with Crippen molar-refractivity contribution in [1.29, 1.82) is 0 Å². The third-order valence-electron chi connectivity index (χ3n) is 2.26. The van der Waals surface area contributed by atoms with Gasteiger partial charge in [-0.05, 0) is 30.0 Å². The third-order valence-corrected chi connectivity index (χ3v) is 3.19. The second-order valence-corrected chi connectivity index (χ2v) is 4.76. The molecule has 10 heteroatoms. The van der Waals surface area contributed by atoms with Crippen LogP contribution in [0.15, 0.2) is 29.2 Å². The molecule has 0 amide bonds. The van der Waals surface area contributed by atoms with E-state index in [-0.39, 0.29) is 10.6 Å². The summed E-state index contributed by atoms with van der Waals surface area (Å²) in [5.41, 5.74) is 0. The summed E-state index contributed by atoms with van der Waals surface area (Å²) in [6, 6.07) is 4.77. The number of halogens is 7. The van der Waals surface area contributed by atoms with Crippen molar-refractivity contribution < 1.29 is 40.3 Å². The number of thioether (sulfide) groups is 1. The standard InChI is InChI=1S/C11H7F7O2S/c1-20-6-3-2-4-7(5-6)21-8(19)9(12,13)10(14,15)11(16,17)18/h2-5H,1H3. The maximum Gasteiger partial charge on any atom is 0.460 e. The molecule has 0 aliphatic heterocycles. The highest BCUT2D eigenvalue weighted by molar-refractivity contribution is 8.13. The lowest BCUT2D eigenvalue weighted by atomic mass is 10.2. The maximum absolute atomic E-state index is 13.1. The first kappa shape index (κ1) is 17.6. The van der Waals surface area contributed by atoms with Crippen molar-refractivity contribution >= 4 is 16.9 Å². The zero-order chi connectivity index (χ0) is 16.5. The smallest absolute Gasteiger partial charge is 0.460 e. The molecule has 2 nitrogen and oxygen atoms in total. The highest BCUT2D eigenvalue weighted by atomic mass is 32.2. The van der Waals surface area contributed by atoms with Crippen LogP contribution in [0.3, 0.4) is 0 Å². The molecular weight excluding hydrogens is 329 g/mol. The van der Waals surface area contributed by atoms with Crippen LogP contribution in [-0.4, -0.2) is 30.2 Å². The van der Waals surface area contributed by atoms with Crippen molar-refractivity contribution in [3.63, 3.8) is 0 Å². The Bertz CT molecular complexity index is 528. The zero-order valence-electron chi connectivity index (χ0n) is 10.2. The summed E-state index contributed by atoms with van der Waals surface area (Å²) in [7, 11) is 1.22. The second-order valence-electron chi connectivity index (χ2n) is 3.72. The van der Waals surface area contributed by atoms with E-state index in [0.29, 0.717) is 0 Å². The van der Waals surface area contributed by atoms with E-state index in [1.807, 2.05) is 0 Å². The molecule has 0 spiro atoms. The Morgan fingerprint density at radius 3 is 2.14 bits per heavy atom. The van der Waals surface area contributed by atoms with Gasteiger partial charge in [0.2, 0.25) is 0 Å². The molecule has 0 saturated carbocycles. The molecule has 0 aromatic heterocycles. The molecule has 118 valence electrons. The number of alkyl halides is 7. The van der Waals surface area contributed by atoms with E-state index >= 15 is 0 Å². The Balaban J connectivity index is 3.01. The van der Waals surface area contributed by atoms with Crippen LogP contribution in [0.1, 0.15) is 0 Å². The number of benzene rings is 1. The summed E-state index contributed by atoms with van der Waals surface area (Å²) in [5.74, 6) is -12.2. The SMILES string of the molecule is COc1cccc(SC(=O)C(F)(F)C(F)(F)C(F)(F)F)c1. The number of carbonyl (C=O) groups is 1. The van der Waals surface area contributed by atoms with E-state index in [1.165, 1.54) is 19.2 Å². The number of hydrogen-bond donors (Lipinski definition) is 0. The number of ether oxygens (including phenoxy) is 1. The Hall–Kier alpha value is -1.45. The Morgan fingerprint density at radius 2 is 1.67 bits per heavy atom. The lowest BCUT2D eigenvalue weighted by molar-refractivity contribution is -0.341. The molecule has 1 rings (SSSR count). The fraction of sp³-hybridized carbons (Fsp3) is 0.364. The largest absolute Gasteiger partial charge is 0.497 e. The van der Waals surface area contributed by atoms with Gasteiger partial charge in [-0.2, -0.15) is 30.7 Å². The summed E-state index contributed by atoms with van der Waals surface area (Å²) in [5, 5.41) is -2.61. The predicted molar refractivity (Wildman–Crippen MR) is 59.8 cm³/mol. The van der Waals surface area contributed by atoms with Crippen molar-refractivity contribution in [2.75, 3.05) is 7.11 Å². The van der Waals surface area contributed by atoms with Gasteiger partial charge in [-0.15, -0.1) is 0 Å². The van der Waals surface area contributed by atoms with E-state index in [1.54, 1.807) is 0 Å². The predicted octanol–water partition coefficient (Wildman–Crippen LogP) is 4.15. The van der Waals surface area contributed by atoms with Crippen molar-refractivity contribution in [3.8, 4) is 5.75 Å². The molecule has 0 aliphatic rings. The van der Waals surface area contributed by atoms with Crippen LogP contribution in [-0.2, 0) is 4.79 Å². The van der Waals surface area contributed by atoms with Gasteiger partial charge in [-0.3, -0.25) is 4.79 Å². The summed E-state index contributed by atoms with van der Waals surface area (Å²) in [4.78, 5) is 10.9. The summed E-state index contributed by atoms with van der Waals surface area (Å²) >= 11 is -0.426. The van der Waals surface area contributed by atoms with E-state index in [9.17, 15) is 35.5 Å². The monoisotopic (exact) mass is 336 g/mol. The number of rotatable bonds is 4. The molecule has 0 saturated heterocycles. The van der Waals surface area contributed by atoms with Crippen molar-refractivity contribution in [3.05, 3.63) is 24.3 Å². The fourth-order valence-electron chi connectivity index (χ4n) is 1.14. The first-order valence-electron chi connectivity index (χ1n) is 5.12. The van der Waals surface area contributed by atoms with Crippen LogP contribution >= 0.6 is 11.8 Å². The quantitative estimate of drug-likeness (QED) is 0.610. The van der Waals surface area contributed by atoms with Gasteiger partial charge in [0.1, 0.15) is 5.75 Å².